The molecule has 0 spiro atoms. The van der Waals surface area contributed by atoms with Crippen LogP contribution in [0.15, 0.2) is 28.7 Å². The SMILES string of the molecule is CN(CC1CCNCC1)c1nc2ccccc2o1. The molecular weight excluding hydrogens is 226 g/mol. The van der Waals surface area contributed by atoms with Gasteiger partial charge in [-0.1, -0.05) is 12.1 Å². The number of oxazole rings is 1. The first-order valence-corrected chi connectivity index (χ1v) is 6.60. The first-order valence-electron chi connectivity index (χ1n) is 6.60. The van der Waals surface area contributed by atoms with Crippen LogP contribution in [0.1, 0.15) is 12.8 Å². The number of para-hydroxylation sites is 2. The Kier molecular flexibility index (Phi) is 3.19. The maximum absolute atomic E-state index is 5.77. The van der Waals surface area contributed by atoms with Crippen LogP contribution >= 0.6 is 0 Å². The standard InChI is InChI=1S/C14H19N3O/c1-17(10-11-6-8-15-9-7-11)14-16-12-4-2-3-5-13(12)18-14/h2-5,11,15H,6-10H2,1H3. The molecule has 1 aliphatic heterocycles. The summed E-state index contributed by atoms with van der Waals surface area (Å²) in [6.45, 7) is 3.28. The number of benzene rings is 1. The van der Waals surface area contributed by atoms with E-state index in [4.69, 9.17) is 4.42 Å². The second kappa shape index (κ2) is 4.98. The molecule has 96 valence electrons. The minimum atomic E-state index is 0.731. The molecule has 18 heavy (non-hydrogen) atoms. The maximum Gasteiger partial charge on any atom is 0.298 e. The Bertz CT molecular complexity index is 483. The predicted octanol–water partition coefficient (Wildman–Crippen LogP) is 2.26. The maximum atomic E-state index is 5.77. The molecule has 4 heteroatoms. The number of hydrogen-bond donors (Lipinski definition) is 1. The van der Waals surface area contributed by atoms with Crippen molar-refractivity contribution >= 4 is 17.1 Å². The van der Waals surface area contributed by atoms with Crippen molar-refractivity contribution in [3.05, 3.63) is 24.3 Å². The Hall–Kier alpha value is -1.55. The van der Waals surface area contributed by atoms with Crippen molar-refractivity contribution in [2.75, 3.05) is 31.6 Å². The molecule has 0 bridgehead atoms. The van der Waals surface area contributed by atoms with Gasteiger partial charge in [-0.3, -0.25) is 0 Å². The van der Waals surface area contributed by atoms with Gasteiger partial charge in [0, 0.05) is 13.6 Å². The van der Waals surface area contributed by atoms with E-state index in [9.17, 15) is 0 Å². The van der Waals surface area contributed by atoms with Gasteiger partial charge in [0.15, 0.2) is 5.58 Å². The Balaban J connectivity index is 1.72. The molecule has 1 aromatic carbocycles. The summed E-state index contributed by atoms with van der Waals surface area (Å²) in [5, 5.41) is 3.39. The Morgan fingerprint density at radius 2 is 2.11 bits per heavy atom. The van der Waals surface area contributed by atoms with Gasteiger partial charge in [0.1, 0.15) is 5.52 Å². The number of aromatic nitrogens is 1. The third-order valence-electron chi connectivity index (χ3n) is 3.60. The smallest absolute Gasteiger partial charge is 0.298 e. The lowest BCUT2D eigenvalue weighted by Crippen LogP contribution is -2.34. The van der Waals surface area contributed by atoms with Crippen LogP contribution in [0.2, 0.25) is 0 Å². The Morgan fingerprint density at radius 1 is 1.33 bits per heavy atom. The number of fused-ring (bicyclic) bond motifs is 1. The summed E-state index contributed by atoms with van der Waals surface area (Å²) < 4.78 is 5.77. The second-order valence-corrected chi connectivity index (χ2v) is 5.04. The molecule has 0 aliphatic carbocycles. The molecule has 1 saturated heterocycles. The van der Waals surface area contributed by atoms with Gasteiger partial charge in [-0.15, -0.1) is 0 Å². The molecular formula is C14H19N3O. The lowest BCUT2D eigenvalue weighted by Gasteiger charge is -2.26. The normalized spacial score (nSPS) is 17.2. The van der Waals surface area contributed by atoms with E-state index in [1.54, 1.807) is 0 Å². The highest BCUT2D eigenvalue weighted by Crippen LogP contribution is 2.22. The van der Waals surface area contributed by atoms with Crippen LogP contribution in [-0.2, 0) is 0 Å². The number of hydrogen-bond acceptors (Lipinski definition) is 4. The third kappa shape index (κ3) is 2.34. The summed E-state index contributed by atoms with van der Waals surface area (Å²) >= 11 is 0. The Morgan fingerprint density at radius 3 is 2.89 bits per heavy atom. The monoisotopic (exact) mass is 245 g/mol. The third-order valence-corrected chi connectivity index (χ3v) is 3.60. The molecule has 2 aromatic rings. The topological polar surface area (TPSA) is 41.3 Å². The van der Waals surface area contributed by atoms with E-state index in [1.165, 1.54) is 12.8 Å². The summed E-state index contributed by atoms with van der Waals surface area (Å²) in [5.74, 6) is 0.742. The second-order valence-electron chi connectivity index (χ2n) is 5.04. The van der Waals surface area contributed by atoms with Gasteiger partial charge in [-0.25, -0.2) is 0 Å². The summed E-state index contributed by atoms with van der Waals surface area (Å²) in [4.78, 5) is 6.66. The first kappa shape index (κ1) is 11.5. The highest BCUT2D eigenvalue weighted by Gasteiger charge is 2.17. The number of anilines is 1. The summed E-state index contributed by atoms with van der Waals surface area (Å²) in [6, 6.07) is 8.64. The fourth-order valence-electron chi connectivity index (χ4n) is 2.55. The zero-order valence-electron chi connectivity index (χ0n) is 10.7. The van der Waals surface area contributed by atoms with Crippen molar-refractivity contribution < 1.29 is 4.42 Å². The van der Waals surface area contributed by atoms with Crippen molar-refractivity contribution in [3.63, 3.8) is 0 Å². The molecule has 1 aromatic heterocycles. The molecule has 1 N–H and O–H groups in total. The summed E-state index contributed by atoms with van der Waals surface area (Å²) in [6.07, 6.45) is 2.48. The number of nitrogens with one attached hydrogen (secondary N) is 1. The van der Waals surface area contributed by atoms with Gasteiger partial charge >= 0.3 is 0 Å². The van der Waals surface area contributed by atoms with E-state index >= 15 is 0 Å². The highest BCUT2D eigenvalue weighted by molar-refractivity contribution is 5.74. The minimum Gasteiger partial charge on any atom is -0.423 e. The van der Waals surface area contributed by atoms with Crippen LogP contribution in [0.5, 0.6) is 0 Å². The number of nitrogens with zero attached hydrogens (tertiary/aromatic N) is 2. The van der Waals surface area contributed by atoms with Gasteiger partial charge < -0.3 is 14.6 Å². The average Bonchev–Trinajstić information content (AvgIpc) is 2.84. The van der Waals surface area contributed by atoms with E-state index in [-0.39, 0.29) is 0 Å². The van der Waals surface area contributed by atoms with E-state index < -0.39 is 0 Å². The zero-order chi connectivity index (χ0) is 12.4. The van der Waals surface area contributed by atoms with Gasteiger partial charge in [-0.05, 0) is 44.0 Å². The van der Waals surface area contributed by atoms with Gasteiger partial charge in [0.25, 0.3) is 6.01 Å². The molecule has 0 amide bonds. The minimum absolute atomic E-state index is 0.731. The number of piperidine rings is 1. The molecule has 1 fully saturated rings. The molecule has 0 atom stereocenters. The zero-order valence-corrected chi connectivity index (χ0v) is 10.7. The van der Waals surface area contributed by atoms with Crippen LogP contribution < -0.4 is 10.2 Å². The average molecular weight is 245 g/mol. The van der Waals surface area contributed by atoms with Crippen molar-refractivity contribution in [2.24, 2.45) is 5.92 Å². The molecule has 2 heterocycles. The van der Waals surface area contributed by atoms with Gasteiger partial charge in [0.2, 0.25) is 0 Å². The largest absolute Gasteiger partial charge is 0.423 e. The summed E-state index contributed by atoms with van der Waals surface area (Å²) in [7, 11) is 2.06. The summed E-state index contributed by atoms with van der Waals surface area (Å²) in [5.41, 5.74) is 1.80. The molecule has 0 unspecified atom stereocenters. The van der Waals surface area contributed by atoms with E-state index in [0.29, 0.717) is 0 Å². The fraction of sp³-hybridized carbons (Fsp3) is 0.500. The van der Waals surface area contributed by atoms with Crippen molar-refractivity contribution in [1.29, 1.82) is 0 Å². The van der Waals surface area contributed by atoms with Crippen LogP contribution in [0.4, 0.5) is 6.01 Å². The molecule has 3 rings (SSSR count). The van der Waals surface area contributed by atoms with E-state index in [0.717, 1.165) is 42.7 Å². The molecule has 1 aliphatic rings. The molecule has 4 nitrogen and oxygen atoms in total. The lowest BCUT2D eigenvalue weighted by molar-refractivity contribution is 0.372. The van der Waals surface area contributed by atoms with E-state index in [2.05, 4.69) is 22.2 Å². The van der Waals surface area contributed by atoms with Crippen LogP contribution in [-0.4, -0.2) is 31.7 Å². The van der Waals surface area contributed by atoms with Gasteiger partial charge in [-0.2, -0.15) is 4.98 Å². The first-order chi connectivity index (χ1) is 8.83. The number of rotatable bonds is 3. The van der Waals surface area contributed by atoms with E-state index in [1.807, 2.05) is 24.3 Å². The highest BCUT2D eigenvalue weighted by atomic mass is 16.4. The predicted molar refractivity (Wildman–Crippen MR) is 72.9 cm³/mol. The van der Waals surface area contributed by atoms with Crippen LogP contribution in [0.25, 0.3) is 11.1 Å². The van der Waals surface area contributed by atoms with Crippen LogP contribution in [0.3, 0.4) is 0 Å². The van der Waals surface area contributed by atoms with Crippen LogP contribution in [0, 0.1) is 5.92 Å². The van der Waals surface area contributed by atoms with Crippen molar-refractivity contribution in [3.8, 4) is 0 Å². The van der Waals surface area contributed by atoms with Gasteiger partial charge in [0.05, 0.1) is 0 Å². The fourth-order valence-corrected chi connectivity index (χ4v) is 2.55. The molecule has 0 radical (unpaired) electrons. The van der Waals surface area contributed by atoms with Crippen molar-refractivity contribution in [2.45, 2.75) is 12.8 Å². The molecule has 0 saturated carbocycles. The lowest BCUT2D eigenvalue weighted by atomic mass is 9.98. The quantitative estimate of drug-likeness (QED) is 0.900. The Labute approximate surface area is 107 Å². The van der Waals surface area contributed by atoms with Crippen molar-refractivity contribution in [1.82, 2.24) is 10.3 Å².